The summed E-state index contributed by atoms with van der Waals surface area (Å²) < 4.78 is 12.1. The molecule has 0 aliphatic carbocycles. The van der Waals surface area contributed by atoms with Gasteiger partial charge in [-0.2, -0.15) is 5.26 Å². The summed E-state index contributed by atoms with van der Waals surface area (Å²) in [6, 6.07) is 12.3. The van der Waals surface area contributed by atoms with Crippen LogP contribution in [0.5, 0.6) is 11.5 Å². The van der Waals surface area contributed by atoms with Crippen LogP contribution in [0, 0.1) is 14.9 Å². The molecule has 140 valence electrons. The van der Waals surface area contributed by atoms with Gasteiger partial charge < -0.3 is 14.8 Å². The zero-order chi connectivity index (χ0) is 19.8. The average Bonchev–Trinajstić information content (AvgIpc) is 2.64. The number of ether oxygens (including phenoxy) is 2. The molecule has 0 unspecified atom stereocenters. The molecule has 0 heterocycles. The third-order valence-electron chi connectivity index (χ3n) is 3.42. The zero-order valence-electron chi connectivity index (χ0n) is 14.9. The Hall–Kier alpha value is -2.24. The van der Waals surface area contributed by atoms with E-state index in [2.05, 4.69) is 27.9 Å². The Morgan fingerprint density at radius 2 is 1.96 bits per heavy atom. The fourth-order valence-electron chi connectivity index (χ4n) is 2.29. The third-order valence-corrected chi connectivity index (χ3v) is 4.55. The summed E-state index contributed by atoms with van der Waals surface area (Å²) in [4.78, 5) is 12.4. The van der Waals surface area contributed by atoms with Crippen LogP contribution in [0.15, 0.2) is 42.0 Å². The summed E-state index contributed by atoms with van der Waals surface area (Å²) in [5.74, 6) is 0.685. The number of amides is 1. The molecule has 0 fully saturated rings. The topological polar surface area (TPSA) is 71.3 Å². The van der Waals surface area contributed by atoms with Crippen molar-refractivity contribution in [2.75, 3.05) is 18.5 Å². The van der Waals surface area contributed by atoms with E-state index in [0.29, 0.717) is 41.0 Å². The summed E-state index contributed by atoms with van der Waals surface area (Å²) in [5, 5.41) is 12.5. The van der Waals surface area contributed by atoms with Crippen molar-refractivity contribution < 1.29 is 14.3 Å². The molecule has 7 heteroatoms. The number of hydrogen-bond donors (Lipinski definition) is 1. The van der Waals surface area contributed by atoms with Crippen molar-refractivity contribution in [1.29, 1.82) is 5.26 Å². The van der Waals surface area contributed by atoms with Gasteiger partial charge in [0.05, 0.1) is 27.5 Å². The number of hydrogen-bond acceptors (Lipinski definition) is 4. The van der Waals surface area contributed by atoms with Crippen molar-refractivity contribution >= 4 is 51.9 Å². The predicted molar refractivity (Wildman–Crippen MR) is 115 cm³/mol. The van der Waals surface area contributed by atoms with Gasteiger partial charge in [0.25, 0.3) is 5.91 Å². The fourth-order valence-corrected chi connectivity index (χ4v) is 3.25. The van der Waals surface area contributed by atoms with E-state index in [-0.39, 0.29) is 5.57 Å². The van der Waals surface area contributed by atoms with Crippen molar-refractivity contribution in [1.82, 2.24) is 0 Å². The number of nitrogens with one attached hydrogen (secondary N) is 1. The van der Waals surface area contributed by atoms with Gasteiger partial charge in [-0.15, -0.1) is 0 Å². The molecule has 0 radical (unpaired) electrons. The monoisotopic (exact) mass is 496 g/mol. The Kier molecular flexibility index (Phi) is 7.95. The Labute approximate surface area is 177 Å². The van der Waals surface area contributed by atoms with Crippen LogP contribution >= 0.6 is 34.2 Å². The molecule has 0 saturated heterocycles. The number of nitrogens with zero attached hydrogens (tertiary/aromatic N) is 1. The molecule has 0 aromatic heterocycles. The molecular weight excluding hydrogens is 479 g/mol. The van der Waals surface area contributed by atoms with Crippen LogP contribution in [0.3, 0.4) is 0 Å². The van der Waals surface area contributed by atoms with Gasteiger partial charge in [-0.05, 0) is 72.3 Å². The first-order valence-electron chi connectivity index (χ1n) is 8.26. The van der Waals surface area contributed by atoms with E-state index >= 15 is 0 Å². The molecule has 1 amide bonds. The molecule has 0 atom stereocenters. The second-order valence-electron chi connectivity index (χ2n) is 5.30. The van der Waals surface area contributed by atoms with E-state index in [1.165, 1.54) is 6.08 Å². The maximum absolute atomic E-state index is 12.4. The van der Waals surface area contributed by atoms with Gasteiger partial charge in [-0.25, -0.2) is 0 Å². The van der Waals surface area contributed by atoms with E-state index < -0.39 is 5.91 Å². The van der Waals surface area contributed by atoms with Gasteiger partial charge in [0.15, 0.2) is 11.5 Å². The zero-order valence-corrected chi connectivity index (χ0v) is 17.8. The first-order valence-corrected chi connectivity index (χ1v) is 9.72. The minimum absolute atomic E-state index is 0.0441. The van der Waals surface area contributed by atoms with Gasteiger partial charge in [0.2, 0.25) is 0 Å². The van der Waals surface area contributed by atoms with Crippen molar-refractivity contribution in [3.05, 3.63) is 56.1 Å². The van der Waals surface area contributed by atoms with Crippen LogP contribution in [0.4, 0.5) is 5.69 Å². The minimum Gasteiger partial charge on any atom is -0.490 e. The third kappa shape index (κ3) is 5.62. The highest BCUT2D eigenvalue weighted by Crippen LogP contribution is 2.35. The van der Waals surface area contributed by atoms with E-state index in [1.807, 2.05) is 26.0 Å². The number of para-hydroxylation sites is 1. The maximum atomic E-state index is 12.4. The molecule has 5 nitrogen and oxygen atoms in total. The van der Waals surface area contributed by atoms with Crippen LogP contribution in [0.1, 0.15) is 19.4 Å². The molecule has 2 aromatic carbocycles. The van der Waals surface area contributed by atoms with Gasteiger partial charge in [0, 0.05) is 0 Å². The average molecular weight is 497 g/mol. The first kappa shape index (κ1) is 21.1. The normalized spacial score (nSPS) is 10.9. The Morgan fingerprint density at radius 1 is 1.26 bits per heavy atom. The molecule has 2 aromatic rings. The first-order chi connectivity index (χ1) is 13.0. The molecule has 0 spiro atoms. The molecule has 1 N–H and O–H groups in total. The predicted octanol–water partition coefficient (Wildman–Crippen LogP) is 5.29. The lowest BCUT2D eigenvalue weighted by Crippen LogP contribution is -2.13. The van der Waals surface area contributed by atoms with Gasteiger partial charge in [0.1, 0.15) is 11.6 Å². The largest absolute Gasteiger partial charge is 0.490 e. The lowest BCUT2D eigenvalue weighted by molar-refractivity contribution is -0.112. The summed E-state index contributed by atoms with van der Waals surface area (Å²) in [5.41, 5.74) is 1.07. The molecule has 0 aliphatic heterocycles. The smallest absolute Gasteiger partial charge is 0.266 e. The Bertz CT molecular complexity index is 907. The van der Waals surface area contributed by atoms with Crippen molar-refractivity contribution in [2.45, 2.75) is 13.8 Å². The standard InChI is InChI=1S/C20H18ClIN2O3/c1-3-26-18-11-13(10-16(22)19(18)27-4-2)9-14(12-23)20(25)24-17-8-6-5-7-15(17)21/h5-11H,3-4H2,1-2H3,(H,24,25)/b14-9+. The van der Waals surface area contributed by atoms with Crippen LogP contribution in [-0.4, -0.2) is 19.1 Å². The molecule has 0 bridgehead atoms. The lowest BCUT2D eigenvalue weighted by atomic mass is 10.1. The van der Waals surface area contributed by atoms with Crippen molar-refractivity contribution in [3.8, 4) is 17.6 Å². The highest BCUT2D eigenvalue weighted by atomic mass is 127. The number of nitriles is 1. The van der Waals surface area contributed by atoms with Crippen molar-refractivity contribution in [3.63, 3.8) is 0 Å². The van der Waals surface area contributed by atoms with Crippen molar-refractivity contribution in [2.24, 2.45) is 0 Å². The second kappa shape index (κ2) is 10.2. The van der Waals surface area contributed by atoms with Gasteiger partial charge >= 0.3 is 0 Å². The summed E-state index contributed by atoms with van der Waals surface area (Å²) in [7, 11) is 0. The number of rotatable bonds is 7. The highest BCUT2D eigenvalue weighted by molar-refractivity contribution is 14.1. The molecular formula is C20H18ClIN2O3. The van der Waals surface area contributed by atoms with Gasteiger partial charge in [-0.1, -0.05) is 23.7 Å². The summed E-state index contributed by atoms with van der Waals surface area (Å²) >= 11 is 8.19. The number of carbonyl (C=O) groups excluding carboxylic acids is 1. The number of benzene rings is 2. The molecule has 2 rings (SSSR count). The summed E-state index contributed by atoms with van der Waals surface area (Å²) in [6.45, 7) is 4.76. The minimum atomic E-state index is -0.535. The molecule has 27 heavy (non-hydrogen) atoms. The summed E-state index contributed by atoms with van der Waals surface area (Å²) in [6.07, 6.45) is 1.51. The number of halogens is 2. The fraction of sp³-hybridized carbons (Fsp3) is 0.200. The Balaban J connectivity index is 2.35. The van der Waals surface area contributed by atoms with Crippen LogP contribution < -0.4 is 14.8 Å². The number of carbonyl (C=O) groups is 1. The number of anilines is 1. The highest BCUT2D eigenvalue weighted by Gasteiger charge is 2.14. The van der Waals surface area contributed by atoms with Crippen LogP contribution in [-0.2, 0) is 4.79 Å². The van der Waals surface area contributed by atoms with E-state index in [4.69, 9.17) is 21.1 Å². The van der Waals surface area contributed by atoms with Gasteiger partial charge in [-0.3, -0.25) is 4.79 Å². The van der Waals surface area contributed by atoms with Crippen LogP contribution in [0.2, 0.25) is 5.02 Å². The van der Waals surface area contributed by atoms with E-state index in [1.54, 1.807) is 30.3 Å². The SMILES string of the molecule is CCOc1cc(/C=C(\C#N)C(=O)Nc2ccccc2Cl)cc(I)c1OCC. The van der Waals surface area contributed by atoms with Crippen LogP contribution in [0.25, 0.3) is 6.08 Å². The van der Waals surface area contributed by atoms with E-state index in [0.717, 1.165) is 3.57 Å². The second-order valence-corrected chi connectivity index (χ2v) is 6.87. The molecule has 0 saturated carbocycles. The van der Waals surface area contributed by atoms with E-state index in [9.17, 15) is 10.1 Å². The Morgan fingerprint density at radius 3 is 2.59 bits per heavy atom. The quantitative estimate of drug-likeness (QED) is 0.321. The molecule has 0 aliphatic rings. The lowest BCUT2D eigenvalue weighted by Gasteiger charge is -2.13. The maximum Gasteiger partial charge on any atom is 0.266 e.